The van der Waals surface area contributed by atoms with Gasteiger partial charge in [-0.15, -0.1) is 0 Å². The van der Waals surface area contributed by atoms with Crippen LogP contribution in [0.1, 0.15) is 37.4 Å². The van der Waals surface area contributed by atoms with Crippen LogP contribution in [0.4, 0.5) is 5.69 Å². The van der Waals surface area contributed by atoms with E-state index >= 15 is 0 Å². The fourth-order valence-corrected chi connectivity index (χ4v) is 4.54. The largest absolute Gasteiger partial charge is 0.497 e. The summed E-state index contributed by atoms with van der Waals surface area (Å²) in [6.45, 7) is 5.30. The smallest absolute Gasteiger partial charge is 0.244 e. The molecule has 0 fully saturated rings. The molecule has 0 aliphatic carbocycles. The van der Waals surface area contributed by atoms with Crippen LogP contribution in [-0.2, 0) is 14.8 Å². The molecule has 0 spiro atoms. The zero-order valence-electron chi connectivity index (χ0n) is 17.3. The van der Waals surface area contributed by atoms with Crippen molar-refractivity contribution in [3.05, 3.63) is 58.6 Å². The van der Waals surface area contributed by atoms with E-state index in [1.54, 1.807) is 39.2 Å². The van der Waals surface area contributed by atoms with Crippen molar-refractivity contribution in [3.63, 3.8) is 0 Å². The summed E-state index contributed by atoms with van der Waals surface area (Å²) < 4.78 is 31.3. The summed E-state index contributed by atoms with van der Waals surface area (Å²) in [5, 5.41) is 3.36. The van der Waals surface area contributed by atoms with E-state index in [0.29, 0.717) is 22.7 Å². The number of amides is 1. The normalized spacial score (nSPS) is 13.4. The standard InChI is InChI=1S/C21H27ClN2O4S/c1-6-19(16-8-11-18(28-4)12-9-16)23-21(25)15(3)24(29(5,26)27)20-13-17(22)10-7-14(20)2/h7-13,15,19H,6H2,1-5H3,(H,23,25)/t15-,19+/m0/s1. The van der Waals surface area contributed by atoms with E-state index in [0.717, 1.165) is 21.9 Å². The molecular formula is C21H27ClN2O4S. The predicted molar refractivity (Wildman–Crippen MR) is 117 cm³/mol. The molecule has 2 atom stereocenters. The quantitative estimate of drug-likeness (QED) is 0.673. The highest BCUT2D eigenvalue weighted by Gasteiger charge is 2.31. The van der Waals surface area contributed by atoms with Gasteiger partial charge in [0.15, 0.2) is 0 Å². The number of carbonyl (C=O) groups excluding carboxylic acids is 1. The van der Waals surface area contributed by atoms with E-state index in [-0.39, 0.29) is 6.04 Å². The van der Waals surface area contributed by atoms with Crippen LogP contribution in [0.25, 0.3) is 0 Å². The number of halogens is 1. The van der Waals surface area contributed by atoms with Gasteiger partial charge in [-0.2, -0.15) is 0 Å². The van der Waals surface area contributed by atoms with Crippen molar-refractivity contribution in [1.29, 1.82) is 0 Å². The second kappa shape index (κ2) is 9.50. The van der Waals surface area contributed by atoms with Gasteiger partial charge in [-0.25, -0.2) is 8.42 Å². The van der Waals surface area contributed by atoms with Crippen LogP contribution in [0.2, 0.25) is 5.02 Å². The number of sulfonamides is 1. The molecule has 0 bridgehead atoms. The summed E-state index contributed by atoms with van der Waals surface area (Å²) >= 11 is 6.07. The van der Waals surface area contributed by atoms with Crippen LogP contribution < -0.4 is 14.4 Å². The molecule has 0 heterocycles. The van der Waals surface area contributed by atoms with Crippen LogP contribution in [0.5, 0.6) is 5.75 Å². The highest BCUT2D eigenvalue weighted by atomic mass is 35.5. The molecule has 29 heavy (non-hydrogen) atoms. The summed E-state index contributed by atoms with van der Waals surface area (Å²) in [6, 6.07) is 11.2. The van der Waals surface area contributed by atoms with Crippen LogP contribution in [0.3, 0.4) is 0 Å². The molecule has 0 aliphatic heterocycles. The Morgan fingerprint density at radius 2 is 1.83 bits per heavy atom. The summed E-state index contributed by atoms with van der Waals surface area (Å²) in [5.41, 5.74) is 2.01. The molecule has 2 aromatic rings. The molecule has 0 aliphatic rings. The maximum Gasteiger partial charge on any atom is 0.244 e. The van der Waals surface area contributed by atoms with Gasteiger partial charge < -0.3 is 10.1 Å². The number of nitrogens with one attached hydrogen (secondary N) is 1. The van der Waals surface area contributed by atoms with Gasteiger partial charge in [-0.05, 0) is 55.7 Å². The lowest BCUT2D eigenvalue weighted by Crippen LogP contribution is -2.48. The Morgan fingerprint density at radius 3 is 2.34 bits per heavy atom. The maximum atomic E-state index is 13.0. The third-order valence-electron chi connectivity index (χ3n) is 4.74. The molecule has 0 saturated carbocycles. The number of methoxy groups -OCH3 is 1. The van der Waals surface area contributed by atoms with Crippen molar-refractivity contribution >= 4 is 33.2 Å². The van der Waals surface area contributed by atoms with Gasteiger partial charge in [0.1, 0.15) is 11.8 Å². The monoisotopic (exact) mass is 438 g/mol. The van der Waals surface area contributed by atoms with Crippen LogP contribution in [0.15, 0.2) is 42.5 Å². The number of ether oxygens (including phenoxy) is 1. The minimum Gasteiger partial charge on any atom is -0.497 e. The minimum atomic E-state index is -3.72. The Bertz CT molecular complexity index is 961. The fraction of sp³-hybridized carbons (Fsp3) is 0.381. The zero-order chi connectivity index (χ0) is 21.8. The highest BCUT2D eigenvalue weighted by molar-refractivity contribution is 7.92. The van der Waals surface area contributed by atoms with E-state index in [1.807, 2.05) is 31.2 Å². The van der Waals surface area contributed by atoms with E-state index in [1.165, 1.54) is 0 Å². The van der Waals surface area contributed by atoms with Crippen LogP contribution >= 0.6 is 11.6 Å². The SMILES string of the molecule is CC[C@@H](NC(=O)[C@H](C)N(c1cc(Cl)ccc1C)S(C)(=O)=O)c1ccc(OC)cc1. The van der Waals surface area contributed by atoms with E-state index in [4.69, 9.17) is 16.3 Å². The summed E-state index contributed by atoms with van der Waals surface area (Å²) in [4.78, 5) is 13.0. The third-order valence-corrected chi connectivity index (χ3v) is 6.20. The molecule has 0 saturated heterocycles. The number of benzene rings is 2. The van der Waals surface area contributed by atoms with Crippen molar-refractivity contribution in [2.24, 2.45) is 0 Å². The van der Waals surface area contributed by atoms with Gasteiger partial charge >= 0.3 is 0 Å². The van der Waals surface area contributed by atoms with E-state index in [2.05, 4.69) is 5.32 Å². The molecule has 6 nitrogen and oxygen atoms in total. The molecule has 158 valence electrons. The van der Waals surface area contributed by atoms with Gasteiger partial charge in [0.05, 0.1) is 25.1 Å². The minimum absolute atomic E-state index is 0.252. The first-order valence-electron chi connectivity index (χ1n) is 9.28. The molecule has 0 aromatic heterocycles. The average Bonchev–Trinajstić information content (AvgIpc) is 2.67. The Balaban J connectivity index is 2.31. The Hall–Kier alpha value is -2.25. The van der Waals surface area contributed by atoms with Crippen molar-refractivity contribution < 1.29 is 17.9 Å². The second-order valence-corrected chi connectivity index (χ2v) is 9.20. The lowest BCUT2D eigenvalue weighted by atomic mass is 10.0. The molecule has 0 radical (unpaired) electrons. The number of anilines is 1. The maximum absolute atomic E-state index is 13.0. The highest BCUT2D eigenvalue weighted by Crippen LogP contribution is 2.29. The number of aryl methyl sites for hydroxylation is 1. The predicted octanol–water partition coefficient (Wildman–Crippen LogP) is 4.08. The van der Waals surface area contributed by atoms with Crippen LogP contribution in [-0.4, -0.2) is 33.7 Å². The molecule has 0 unspecified atom stereocenters. The van der Waals surface area contributed by atoms with Gasteiger partial charge in [-0.1, -0.05) is 36.7 Å². The number of hydrogen-bond donors (Lipinski definition) is 1. The second-order valence-electron chi connectivity index (χ2n) is 6.91. The third kappa shape index (κ3) is 5.64. The molecule has 1 amide bonds. The summed E-state index contributed by atoms with van der Waals surface area (Å²) in [5.74, 6) is 0.334. The molecule has 1 N–H and O–H groups in total. The van der Waals surface area contributed by atoms with Crippen molar-refractivity contribution in [2.45, 2.75) is 39.3 Å². The van der Waals surface area contributed by atoms with Crippen LogP contribution in [0, 0.1) is 6.92 Å². The van der Waals surface area contributed by atoms with Gasteiger partial charge in [0, 0.05) is 5.02 Å². The van der Waals surface area contributed by atoms with E-state index in [9.17, 15) is 13.2 Å². The molecular weight excluding hydrogens is 412 g/mol. The molecule has 2 aromatic carbocycles. The number of nitrogens with zero attached hydrogens (tertiary/aromatic N) is 1. The molecule has 8 heteroatoms. The number of rotatable bonds is 8. The fourth-order valence-electron chi connectivity index (χ4n) is 3.15. The first-order valence-corrected chi connectivity index (χ1v) is 11.5. The molecule has 2 rings (SSSR count). The van der Waals surface area contributed by atoms with Crippen molar-refractivity contribution in [1.82, 2.24) is 5.32 Å². The van der Waals surface area contributed by atoms with Crippen molar-refractivity contribution in [2.75, 3.05) is 17.7 Å². The Labute approximate surface area is 177 Å². The van der Waals surface area contributed by atoms with Gasteiger partial charge in [0.2, 0.25) is 15.9 Å². The lowest BCUT2D eigenvalue weighted by molar-refractivity contribution is -0.122. The van der Waals surface area contributed by atoms with Gasteiger partial charge in [-0.3, -0.25) is 9.10 Å². The first kappa shape index (κ1) is 23.0. The Kier molecular flexibility index (Phi) is 7.54. The van der Waals surface area contributed by atoms with Crippen molar-refractivity contribution in [3.8, 4) is 5.75 Å². The number of carbonyl (C=O) groups is 1. The number of hydrogen-bond acceptors (Lipinski definition) is 4. The zero-order valence-corrected chi connectivity index (χ0v) is 18.8. The van der Waals surface area contributed by atoms with E-state index < -0.39 is 22.0 Å². The summed E-state index contributed by atoms with van der Waals surface area (Å²) in [7, 11) is -2.13. The Morgan fingerprint density at radius 1 is 1.21 bits per heavy atom. The average molecular weight is 439 g/mol. The lowest BCUT2D eigenvalue weighted by Gasteiger charge is -2.31. The topological polar surface area (TPSA) is 75.7 Å². The first-order chi connectivity index (χ1) is 13.6. The summed E-state index contributed by atoms with van der Waals surface area (Å²) in [6.07, 6.45) is 1.73. The van der Waals surface area contributed by atoms with Gasteiger partial charge in [0.25, 0.3) is 0 Å².